The van der Waals surface area contributed by atoms with Crippen LogP contribution in [0.4, 0.5) is 0 Å². The van der Waals surface area contributed by atoms with E-state index in [1.807, 2.05) is 6.20 Å². The second-order valence-electron chi connectivity index (χ2n) is 5.90. The Balaban J connectivity index is 0.00000168. The van der Waals surface area contributed by atoms with Crippen LogP contribution in [0.15, 0.2) is 36.4 Å². The summed E-state index contributed by atoms with van der Waals surface area (Å²) in [6, 6.07) is 2.31. The van der Waals surface area contributed by atoms with Gasteiger partial charge in [0, 0.05) is 29.0 Å². The Bertz CT molecular complexity index is 1070. The standard InChI is InChI=1S/C19H16N.Ir/c1-2-4-15-12(3-1)9-10-16-18-14-7-5-13(6-8-14)17(18)11-20-19(15)16;/h1-3,9-11,13-14H,5-8H2;/q-1;/i1D,2D,3D,9D,10D;. The van der Waals surface area contributed by atoms with E-state index in [1.165, 1.54) is 18.4 Å². The summed E-state index contributed by atoms with van der Waals surface area (Å²) in [6.07, 6.45) is 6.46. The molecule has 0 aliphatic heterocycles. The average molecular weight is 456 g/mol. The first-order valence-electron chi connectivity index (χ1n) is 9.73. The molecule has 2 heteroatoms. The quantitative estimate of drug-likeness (QED) is 0.346. The number of aromatic nitrogens is 1. The molecule has 107 valence electrons. The minimum absolute atomic E-state index is 0. The third-order valence-corrected chi connectivity index (χ3v) is 4.96. The third kappa shape index (κ3) is 1.82. The molecule has 0 saturated heterocycles. The monoisotopic (exact) mass is 456 g/mol. The number of rotatable bonds is 0. The van der Waals surface area contributed by atoms with Crippen LogP contribution in [0.5, 0.6) is 0 Å². The molecule has 6 rings (SSSR count). The SMILES string of the molecule is [2H]c1[c-]c2c(c([2H])c1[2H])c([2H])c([2H])c1c3c(cnc12)C1CCC3CC1.[Ir]. The van der Waals surface area contributed by atoms with E-state index in [2.05, 4.69) is 11.1 Å². The third-order valence-electron chi connectivity index (χ3n) is 4.96. The summed E-state index contributed by atoms with van der Waals surface area (Å²) in [7, 11) is 0. The van der Waals surface area contributed by atoms with Gasteiger partial charge in [0.25, 0.3) is 0 Å². The summed E-state index contributed by atoms with van der Waals surface area (Å²) in [5.74, 6) is 0.909. The van der Waals surface area contributed by atoms with Crippen LogP contribution in [0.25, 0.3) is 21.7 Å². The van der Waals surface area contributed by atoms with Crippen LogP contribution in [0.3, 0.4) is 0 Å². The molecule has 1 aromatic heterocycles. The van der Waals surface area contributed by atoms with Crippen LogP contribution in [-0.4, -0.2) is 4.98 Å². The van der Waals surface area contributed by atoms with Crippen molar-refractivity contribution in [1.29, 1.82) is 0 Å². The van der Waals surface area contributed by atoms with Crippen LogP contribution < -0.4 is 0 Å². The molecule has 3 aliphatic carbocycles. The molecule has 0 unspecified atom stereocenters. The van der Waals surface area contributed by atoms with Crippen LogP contribution in [0.1, 0.15) is 55.5 Å². The number of hydrogen-bond donors (Lipinski definition) is 0. The Morgan fingerprint density at radius 1 is 1.10 bits per heavy atom. The molecule has 0 N–H and O–H groups in total. The molecular formula is C19H16IrN-. The molecule has 1 heterocycles. The molecule has 1 nitrogen and oxygen atoms in total. The fourth-order valence-corrected chi connectivity index (χ4v) is 4.02. The average Bonchev–Trinajstić information content (AvgIpc) is 2.64. The van der Waals surface area contributed by atoms with Crippen molar-refractivity contribution in [1.82, 2.24) is 4.98 Å². The predicted octanol–water partition coefficient (Wildman–Crippen LogP) is 4.94. The minimum Gasteiger partial charge on any atom is -0.304 e. The van der Waals surface area contributed by atoms with Crippen LogP contribution in [-0.2, 0) is 20.1 Å². The van der Waals surface area contributed by atoms with Gasteiger partial charge in [-0.1, -0.05) is 12.1 Å². The van der Waals surface area contributed by atoms with E-state index in [-0.39, 0.29) is 55.7 Å². The maximum atomic E-state index is 8.58. The van der Waals surface area contributed by atoms with Crippen molar-refractivity contribution in [3.05, 3.63) is 53.6 Å². The summed E-state index contributed by atoms with van der Waals surface area (Å²) < 4.78 is 40.9. The van der Waals surface area contributed by atoms with Gasteiger partial charge in [-0.3, -0.25) is 0 Å². The van der Waals surface area contributed by atoms with Crippen LogP contribution in [0, 0.1) is 6.07 Å². The van der Waals surface area contributed by atoms with E-state index < -0.39 is 0 Å². The summed E-state index contributed by atoms with van der Waals surface area (Å²) >= 11 is 0. The predicted molar refractivity (Wildman–Crippen MR) is 82.0 cm³/mol. The molecule has 3 aliphatic rings. The molecule has 3 aromatic rings. The summed E-state index contributed by atoms with van der Waals surface area (Å²) in [5.41, 5.74) is 2.94. The molecule has 1 fully saturated rings. The maximum absolute atomic E-state index is 8.58. The van der Waals surface area contributed by atoms with Gasteiger partial charge in [-0.2, -0.15) is 0 Å². The number of nitrogens with zero attached hydrogens (tertiary/aromatic N) is 1. The largest absolute Gasteiger partial charge is 0.304 e. The normalized spacial score (nSPS) is 26.4. The van der Waals surface area contributed by atoms with Gasteiger partial charge in [-0.25, -0.2) is 0 Å². The van der Waals surface area contributed by atoms with Crippen molar-refractivity contribution in [3.63, 3.8) is 0 Å². The van der Waals surface area contributed by atoms with Gasteiger partial charge >= 0.3 is 0 Å². The van der Waals surface area contributed by atoms with Crippen molar-refractivity contribution in [2.75, 3.05) is 0 Å². The second-order valence-corrected chi connectivity index (χ2v) is 5.90. The molecule has 21 heavy (non-hydrogen) atoms. The summed E-state index contributed by atoms with van der Waals surface area (Å²) in [6.45, 7) is 0. The Labute approximate surface area is 145 Å². The smallest absolute Gasteiger partial charge is 0.0613 e. The zero-order valence-corrected chi connectivity index (χ0v) is 13.7. The van der Waals surface area contributed by atoms with Crippen molar-refractivity contribution in [3.8, 4) is 0 Å². The van der Waals surface area contributed by atoms with Crippen molar-refractivity contribution in [2.45, 2.75) is 37.5 Å². The Morgan fingerprint density at radius 3 is 2.76 bits per heavy atom. The summed E-state index contributed by atoms with van der Waals surface area (Å²) in [5, 5.41) is 1.36. The molecule has 2 aromatic carbocycles. The molecule has 0 amide bonds. The Kier molecular flexibility index (Phi) is 2.10. The molecule has 0 atom stereocenters. The second kappa shape index (κ2) is 4.90. The van der Waals surface area contributed by atoms with Gasteiger partial charge in [0.15, 0.2) is 0 Å². The molecule has 2 bridgehead atoms. The maximum Gasteiger partial charge on any atom is 0.0613 e. The first-order valence-corrected chi connectivity index (χ1v) is 7.23. The molecule has 1 radical (unpaired) electrons. The number of benzene rings is 2. The number of pyridine rings is 1. The molecular weight excluding hydrogens is 434 g/mol. The van der Waals surface area contributed by atoms with Gasteiger partial charge < -0.3 is 4.98 Å². The molecule has 1 saturated carbocycles. The van der Waals surface area contributed by atoms with Crippen molar-refractivity contribution >= 4 is 21.7 Å². The van der Waals surface area contributed by atoms with E-state index in [0.717, 1.165) is 18.4 Å². The van der Waals surface area contributed by atoms with Gasteiger partial charge in [0.2, 0.25) is 0 Å². The zero-order chi connectivity index (χ0) is 17.5. The van der Waals surface area contributed by atoms with Crippen molar-refractivity contribution in [2.24, 2.45) is 0 Å². The fourth-order valence-electron chi connectivity index (χ4n) is 4.02. The first-order chi connectivity index (χ1) is 12.0. The van der Waals surface area contributed by atoms with Crippen molar-refractivity contribution < 1.29 is 27.0 Å². The van der Waals surface area contributed by atoms with Gasteiger partial charge in [-0.05, 0) is 60.9 Å². The molecule has 0 spiro atoms. The topological polar surface area (TPSA) is 12.9 Å². The van der Waals surface area contributed by atoms with Crippen LogP contribution >= 0.6 is 0 Å². The number of hydrogen-bond acceptors (Lipinski definition) is 1. The van der Waals surface area contributed by atoms with Gasteiger partial charge in [0.1, 0.15) is 0 Å². The van der Waals surface area contributed by atoms with E-state index in [4.69, 9.17) is 6.85 Å². The zero-order valence-electron chi connectivity index (χ0n) is 16.3. The van der Waals surface area contributed by atoms with E-state index in [9.17, 15) is 0 Å². The van der Waals surface area contributed by atoms with E-state index in [1.54, 1.807) is 0 Å². The van der Waals surface area contributed by atoms with E-state index in [0.29, 0.717) is 28.1 Å². The van der Waals surface area contributed by atoms with Crippen LogP contribution in [0.2, 0.25) is 0 Å². The minimum atomic E-state index is -0.253. The first kappa shape index (κ1) is 9.02. The van der Waals surface area contributed by atoms with Gasteiger partial charge in [-0.15, -0.1) is 35.0 Å². The summed E-state index contributed by atoms with van der Waals surface area (Å²) in [4.78, 5) is 4.59. The number of fused-ring (bicyclic) bond motifs is 5. The van der Waals surface area contributed by atoms with E-state index >= 15 is 0 Å². The Morgan fingerprint density at radius 2 is 1.90 bits per heavy atom. The van der Waals surface area contributed by atoms with Gasteiger partial charge in [0.05, 0.1) is 2.74 Å². The fraction of sp³-hybridized carbons (Fsp3) is 0.316. The Hall–Kier alpha value is -1.24.